The van der Waals surface area contributed by atoms with Crippen LogP contribution in [0.1, 0.15) is 16.0 Å². The number of thiophene rings is 1. The maximum atomic E-state index is 4.34. The molecule has 3 heteroatoms. The lowest BCUT2D eigenvalue weighted by atomic mass is 10.1. The van der Waals surface area contributed by atoms with Crippen molar-refractivity contribution in [2.75, 3.05) is 0 Å². The van der Waals surface area contributed by atoms with Crippen LogP contribution in [0.25, 0.3) is 10.9 Å². The minimum absolute atomic E-state index is 0.891. The van der Waals surface area contributed by atoms with Crippen molar-refractivity contribution >= 4 is 22.2 Å². The van der Waals surface area contributed by atoms with Crippen molar-refractivity contribution in [3.8, 4) is 0 Å². The second-order valence-electron chi connectivity index (χ2n) is 4.66. The molecular formula is C16H16N2S. The lowest BCUT2D eigenvalue weighted by Gasteiger charge is -2.06. The highest BCUT2D eigenvalue weighted by Crippen LogP contribution is 2.16. The van der Waals surface area contributed by atoms with Crippen LogP contribution in [-0.4, -0.2) is 4.98 Å². The summed E-state index contributed by atoms with van der Waals surface area (Å²) >= 11 is 1.81. The fourth-order valence-corrected chi connectivity index (χ4v) is 3.02. The van der Waals surface area contributed by atoms with Gasteiger partial charge in [-0.2, -0.15) is 0 Å². The Morgan fingerprint density at radius 1 is 1.16 bits per heavy atom. The van der Waals surface area contributed by atoms with Gasteiger partial charge in [-0.05, 0) is 47.7 Å². The van der Waals surface area contributed by atoms with E-state index >= 15 is 0 Å². The van der Waals surface area contributed by atoms with E-state index in [0.717, 1.165) is 18.6 Å². The Bertz CT molecular complexity index is 688. The predicted molar refractivity (Wildman–Crippen MR) is 81.3 cm³/mol. The van der Waals surface area contributed by atoms with Crippen LogP contribution in [0.2, 0.25) is 0 Å². The predicted octanol–water partition coefficient (Wildman–Crippen LogP) is 3.89. The zero-order valence-electron chi connectivity index (χ0n) is 10.9. The van der Waals surface area contributed by atoms with Gasteiger partial charge in [-0.15, -0.1) is 11.3 Å². The van der Waals surface area contributed by atoms with Crippen LogP contribution in [0.5, 0.6) is 0 Å². The van der Waals surface area contributed by atoms with Gasteiger partial charge in [0.25, 0.3) is 0 Å². The SMILES string of the molecule is Cc1ccsc1CNCc1ccc2ncccc2c1. The lowest BCUT2D eigenvalue weighted by Crippen LogP contribution is -2.12. The molecule has 0 saturated heterocycles. The molecule has 0 unspecified atom stereocenters. The van der Waals surface area contributed by atoms with E-state index in [9.17, 15) is 0 Å². The molecule has 0 aliphatic heterocycles. The van der Waals surface area contributed by atoms with E-state index in [1.807, 2.05) is 23.6 Å². The average molecular weight is 268 g/mol. The molecule has 0 amide bonds. The van der Waals surface area contributed by atoms with Crippen molar-refractivity contribution in [2.24, 2.45) is 0 Å². The topological polar surface area (TPSA) is 24.9 Å². The minimum atomic E-state index is 0.891. The molecule has 2 nitrogen and oxygen atoms in total. The summed E-state index contributed by atoms with van der Waals surface area (Å²) in [6.45, 7) is 3.99. The Morgan fingerprint density at radius 2 is 2.11 bits per heavy atom. The molecule has 0 spiro atoms. The molecule has 0 atom stereocenters. The molecule has 1 N–H and O–H groups in total. The Hall–Kier alpha value is -1.71. The molecule has 3 rings (SSSR count). The Labute approximate surface area is 117 Å². The van der Waals surface area contributed by atoms with Gasteiger partial charge in [-0.25, -0.2) is 0 Å². The number of fused-ring (bicyclic) bond motifs is 1. The van der Waals surface area contributed by atoms with E-state index in [1.165, 1.54) is 21.4 Å². The highest BCUT2D eigenvalue weighted by atomic mass is 32.1. The molecule has 19 heavy (non-hydrogen) atoms. The van der Waals surface area contributed by atoms with E-state index in [-0.39, 0.29) is 0 Å². The van der Waals surface area contributed by atoms with E-state index in [0.29, 0.717) is 0 Å². The Kier molecular flexibility index (Phi) is 3.58. The van der Waals surface area contributed by atoms with Gasteiger partial charge < -0.3 is 5.32 Å². The van der Waals surface area contributed by atoms with Gasteiger partial charge in [0.2, 0.25) is 0 Å². The number of benzene rings is 1. The van der Waals surface area contributed by atoms with Crippen molar-refractivity contribution in [3.05, 3.63) is 64.0 Å². The molecule has 1 aromatic carbocycles. The Morgan fingerprint density at radius 3 is 2.95 bits per heavy atom. The van der Waals surface area contributed by atoms with Gasteiger partial charge in [0.05, 0.1) is 5.52 Å². The molecule has 0 aliphatic rings. The smallest absolute Gasteiger partial charge is 0.0702 e. The van der Waals surface area contributed by atoms with Crippen molar-refractivity contribution in [3.63, 3.8) is 0 Å². The summed E-state index contributed by atoms with van der Waals surface area (Å²) in [5.74, 6) is 0. The van der Waals surface area contributed by atoms with Crippen molar-refractivity contribution in [2.45, 2.75) is 20.0 Å². The highest BCUT2D eigenvalue weighted by Gasteiger charge is 2.00. The molecule has 0 saturated carbocycles. The summed E-state index contributed by atoms with van der Waals surface area (Å²) in [4.78, 5) is 5.76. The van der Waals surface area contributed by atoms with Crippen LogP contribution in [0.4, 0.5) is 0 Å². The molecule has 2 aromatic heterocycles. The summed E-state index contributed by atoms with van der Waals surface area (Å²) in [5.41, 5.74) is 3.73. The average Bonchev–Trinajstić information content (AvgIpc) is 2.84. The first-order chi connectivity index (χ1) is 9.33. The van der Waals surface area contributed by atoms with Gasteiger partial charge in [0, 0.05) is 29.5 Å². The van der Waals surface area contributed by atoms with Gasteiger partial charge in [0.15, 0.2) is 0 Å². The highest BCUT2D eigenvalue weighted by molar-refractivity contribution is 7.10. The number of aromatic nitrogens is 1. The van der Waals surface area contributed by atoms with E-state index in [2.05, 4.69) is 52.9 Å². The van der Waals surface area contributed by atoms with E-state index in [4.69, 9.17) is 0 Å². The minimum Gasteiger partial charge on any atom is -0.308 e. The zero-order valence-corrected chi connectivity index (χ0v) is 11.7. The van der Waals surface area contributed by atoms with Crippen LogP contribution in [0.3, 0.4) is 0 Å². The monoisotopic (exact) mass is 268 g/mol. The third-order valence-corrected chi connectivity index (χ3v) is 4.27. The summed E-state index contributed by atoms with van der Waals surface area (Å²) in [6.07, 6.45) is 1.83. The summed E-state index contributed by atoms with van der Waals surface area (Å²) in [6, 6.07) is 12.7. The van der Waals surface area contributed by atoms with Crippen molar-refractivity contribution in [1.82, 2.24) is 10.3 Å². The van der Waals surface area contributed by atoms with Crippen LogP contribution >= 0.6 is 11.3 Å². The van der Waals surface area contributed by atoms with Gasteiger partial charge in [-0.1, -0.05) is 12.1 Å². The largest absolute Gasteiger partial charge is 0.308 e. The third kappa shape index (κ3) is 2.83. The van der Waals surface area contributed by atoms with Crippen LogP contribution in [0.15, 0.2) is 48.0 Å². The first kappa shape index (κ1) is 12.3. The molecule has 0 aliphatic carbocycles. The van der Waals surface area contributed by atoms with E-state index < -0.39 is 0 Å². The van der Waals surface area contributed by atoms with E-state index in [1.54, 1.807) is 0 Å². The maximum Gasteiger partial charge on any atom is 0.0702 e. The number of hydrogen-bond acceptors (Lipinski definition) is 3. The number of hydrogen-bond donors (Lipinski definition) is 1. The van der Waals surface area contributed by atoms with Crippen LogP contribution < -0.4 is 5.32 Å². The quantitative estimate of drug-likeness (QED) is 0.776. The van der Waals surface area contributed by atoms with Crippen molar-refractivity contribution in [1.29, 1.82) is 0 Å². The molecular weight excluding hydrogens is 252 g/mol. The zero-order chi connectivity index (χ0) is 13.1. The second-order valence-corrected chi connectivity index (χ2v) is 5.66. The lowest BCUT2D eigenvalue weighted by molar-refractivity contribution is 0.699. The number of pyridine rings is 1. The standard InChI is InChI=1S/C16H16N2S/c1-12-6-8-19-16(12)11-17-10-13-4-5-15-14(9-13)3-2-7-18-15/h2-9,17H,10-11H2,1H3. The Balaban J connectivity index is 1.67. The normalized spacial score (nSPS) is 11.0. The first-order valence-corrected chi connectivity index (χ1v) is 7.28. The maximum absolute atomic E-state index is 4.34. The van der Waals surface area contributed by atoms with Gasteiger partial charge in [0.1, 0.15) is 0 Å². The first-order valence-electron chi connectivity index (χ1n) is 6.40. The number of nitrogens with zero attached hydrogens (tertiary/aromatic N) is 1. The fraction of sp³-hybridized carbons (Fsp3) is 0.188. The molecule has 2 heterocycles. The van der Waals surface area contributed by atoms with Gasteiger partial charge >= 0.3 is 0 Å². The summed E-state index contributed by atoms with van der Waals surface area (Å²) in [7, 11) is 0. The second kappa shape index (κ2) is 5.51. The number of rotatable bonds is 4. The van der Waals surface area contributed by atoms with Gasteiger partial charge in [-0.3, -0.25) is 4.98 Å². The molecule has 96 valence electrons. The summed E-state index contributed by atoms with van der Waals surface area (Å²) < 4.78 is 0. The van der Waals surface area contributed by atoms with Crippen molar-refractivity contribution < 1.29 is 0 Å². The third-order valence-electron chi connectivity index (χ3n) is 3.25. The molecule has 0 bridgehead atoms. The molecule has 0 radical (unpaired) electrons. The van der Waals surface area contributed by atoms with Crippen LogP contribution in [-0.2, 0) is 13.1 Å². The fourth-order valence-electron chi connectivity index (χ4n) is 2.14. The number of aryl methyl sites for hydroxylation is 1. The molecule has 0 fully saturated rings. The molecule has 3 aromatic rings. The summed E-state index contributed by atoms with van der Waals surface area (Å²) in [5, 5.41) is 6.85. The van der Waals surface area contributed by atoms with Crippen LogP contribution in [0, 0.1) is 6.92 Å². The number of nitrogens with one attached hydrogen (secondary N) is 1.